The summed E-state index contributed by atoms with van der Waals surface area (Å²) in [5.41, 5.74) is 5.16. The Hall–Kier alpha value is -4.48. The molecule has 0 radical (unpaired) electrons. The Morgan fingerprint density at radius 3 is 2.40 bits per heavy atom. The second-order valence-corrected chi connectivity index (χ2v) is 11.8. The summed E-state index contributed by atoms with van der Waals surface area (Å²) in [4.78, 5) is 40.2. The summed E-state index contributed by atoms with van der Waals surface area (Å²) in [5.74, 6) is 0.0732. The normalized spacial score (nSPS) is 13.6. The van der Waals surface area contributed by atoms with Gasteiger partial charge in [0.05, 0.1) is 27.8 Å². The largest absolute Gasteiger partial charge is 0.366 e. The fourth-order valence-corrected chi connectivity index (χ4v) is 6.13. The predicted octanol–water partition coefficient (Wildman–Crippen LogP) is 6.36. The van der Waals surface area contributed by atoms with Crippen LogP contribution in [0.5, 0.6) is 0 Å². The standard InChI is InChI=1S/C34H35ClN6O2/c1-7-28(42)39-14-16-40(17-15-39)32-25-18-27(35)30(24-11-9-8-10-23(24)20(2)3)38-33(25)41(34(43)26(32)19-36)31-22(6)12-13-37-29(31)21(4)5/h7-13,18,20-21H,1,14-17H2,2-6H3. The topological polar surface area (TPSA) is 95.1 Å². The molecule has 0 saturated carbocycles. The molecule has 0 spiro atoms. The minimum Gasteiger partial charge on any atom is -0.366 e. The van der Waals surface area contributed by atoms with Crippen LogP contribution in [0.4, 0.5) is 5.69 Å². The molecule has 0 aliphatic carbocycles. The van der Waals surface area contributed by atoms with E-state index in [1.54, 1.807) is 15.7 Å². The highest BCUT2D eigenvalue weighted by Gasteiger charge is 2.29. The fourth-order valence-electron chi connectivity index (χ4n) is 5.87. The molecule has 9 heteroatoms. The van der Waals surface area contributed by atoms with Crippen LogP contribution in [0.1, 0.15) is 61.9 Å². The van der Waals surface area contributed by atoms with Gasteiger partial charge in [-0.3, -0.25) is 19.1 Å². The molecule has 1 fully saturated rings. The van der Waals surface area contributed by atoms with Crippen molar-refractivity contribution in [2.75, 3.05) is 31.1 Å². The fraction of sp³-hybridized carbons (Fsp3) is 0.324. The Bertz CT molecular complexity index is 1840. The number of aryl methyl sites for hydroxylation is 1. The Morgan fingerprint density at radius 2 is 1.77 bits per heavy atom. The first kappa shape index (κ1) is 30.0. The molecular formula is C34H35ClN6O2. The van der Waals surface area contributed by atoms with E-state index in [1.807, 2.05) is 56.0 Å². The zero-order valence-electron chi connectivity index (χ0n) is 25.2. The first-order valence-electron chi connectivity index (χ1n) is 14.5. The van der Waals surface area contributed by atoms with Crippen molar-refractivity contribution in [2.24, 2.45) is 0 Å². The molecular weight excluding hydrogens is 560 g/mol. The lowest BCUT2D eigenvalue weighted by molar-refractivity contribution is -0.126. The van der Waals surface area contributed by atoms with Crippen molar-refractivity contribution in [3.63, 3.8) is 0 Å². The number of rotatable bonds is 6. The van der Waals surface area contributed by atoms with Gasteiger partial charge in [0.2, 0.25) is 5.91 Å². The summed E-state index contributed by atoms with van der Waals surface area (Å²) < 4.78 is 1.55. The van der Waals surface area contributed by atoms with Crippen molar-refractivity contribution in [1.29, 1.82) is 5.26 Å². The maximum Gasteiger partial charge on any atom is 0.276 e. The average Bonchev–Trinajstić information content (AvgIpc) is 3.00. The smallest absolute Gasteiger partial charge is 0.276 e. The van der Waals surface area contributed by atoms with Crippen LogP contribution in [0, 0.1) is 18.3 Å². The van der Waals surface area contributed by atoms with E-state index in [2.05, 4.69) is 37.5 Å². The molecule has 4 heterocycles. The Morgan fingerprint density at radius 1 is 1.07 bits per heavy atom. The number of amides is 1. The van der Waals surface area contributed by atoms with Gasteiger partial charge in [0.25, 0.3) is 5.56 Å². The van der Waals surface area contributed by atoms with E-state index in [-0.39, 0.29) is 23.3 Å². The van der Waals surface area contributed by atoms with Gasteiger partial charge in [-0.1, -0.05) is 70.1 Å². The molecule has 5 rings (SSSR count). The third-order valence-electron chi connectivity index (χ3n) is 8.03. The predicted molar refractivity (Wildman–Crippen MR) is 172 cm³/mol. The number of halogens is 1. The van der Waals surface area contributed by atoms with Gasteiger partial charge in [0.1, 0.15) is 17.3 Å². The van der Waals surface area contributed by atoms with Crippen molar-refractivity contribution in [3.8, 4) is 23.0 Å². The number of anilines is 1. The Kier molecular flexibility index (Phi) is 8.38. The molecule has 1 aliphatic rings. The van der Waals surface area contributed by atoms with Gasteiger partial charge in [0.15, 0.2) is 0 Å². The number of pyridine rings is 3. The van der Waals surface area contributed by atoms with Crippen molar-refractivity contribution in [2.45, 2.75) is 46.5 Å². The molecule has 0 N–H and O–H groups in total. The molecule has 220 valence electrons. The average molecular weight is 595 g/mol. The number of hydrogen-bond acceptors (Lipinski definition) is 6. The van der Waals surface area contributed by atoms with Crippen LogP contribution in [-0.2, 0) is 4.79 Å². The molecule has 43 heavy (non-hydrogen) atoms. The second-order valence-electron chi connectivity index (χ2n) is 11.4. The van der Waals surface area contributed by atoms with E-state index in [0.717, 1.165) is 22.4 Å². The molecule has 1 saturated heterocycles. The number of piperazine rings is 1. The monoisotopic (exact) mass is 594 g/mol. The SMILES string of the molecule is C=CC(=O)N1CCN(c2c(C#N)c(=O)n(-c3c(C)ccnc3C(C)C)c3nc(-c4ccccc4C(C)C)c(Cl)cc23)CC1. The second kappa shape index (κ2) is 12.0. The van der Waals surface area contributed by atoms with Crippen LogP contribution in [0.2, 0.25) is 5.02 Å². The number of fused-ring (bicyclic) bond motifs is 1. The van der Waals surface area contributed by atoms with Gasteiger partial charge in [-0.25, -0.2) is 4.98 Å². The molecule has 8 nitrogen and oxygen atoms in total. The van der Waals surface area contributed by atoms with Crippen molar-refractivity contribution < 1.29 is 4.79 Å². The molecule has 0 bridgehead atoms. The van der Waals surface area contributed by atoms with Crippen molar-refractivity contribution in [3.05, 3.63) is 93.0 Å². The third-order valence-corrected chi connectivity index (χ3v) is 8.32. The summed E-state index contributed by atoms with van der Waals surface area (Å²) in [7, 11) is 0. The van der Waals surface area contributed by atoms with E-state index in [0.29, 0.717) is 59.3 Å². The van der Waals surface area contributed by atoms with Gasteiger partial charge >= 0.3 is 0 Å². The van der Waals surface area contributed by atoms with Gasteiger partial charge in [-0.05, 0) is 48.1 Å². The van der Waals surface area contributed by atoms with Gasteiger partial charge in [-0.15, -0.1) is 0 Å². The molecule has 0 atom stereocenters. The lowest BCUT2D eigenvalue weighted by Crippen LogP contribution is -2.49. The van der Waals surface area contributed by atoms with Gasteiger partial charge < -0.3 is 9.80 Å². The number of nitrogens with zero attached hydrogens (tertiary/aromatic N) is 6. The highest BCUT2D eigenvalue weighted by atomic mass is 35.5. The number of carbonyl (C=O) groups is 1. The summed E-state index contributed by atoms with van der Waals surface area (Å²) in [6.07, 6.45) is 3.04. The maximum absolute atomic E-state index is 14.5. The molecule has 1 amide bonds. The van der Waals surface area contributed by atoms with E-state index >= 15 is 0 Å². The highest BCUT2D eigenvalue weighted by Crippen LogP contribution is 2.39. The van der Waals surface area contributed by atoms with Crippen molar-refractivity contribution >= 4 is 34.2 Å². The minimum atomic E-state index is -0.467. The molecule has 3 aromatic heterocycles. The van der Waals surface area contributed by atoms with Crippen LogP contribution in [0.3, 0.4) is 0 Å². The van der Waals surface area contributed by atoms with Crippen LogP contribution < -0.4 is 10.5 Å². The Labute approximate surface area is 256 Å². The zero-order chi connectivity index (χ0) is 31.0. The molecule has 0 unspecified atom stereocenters. The van der Waals surface area contributed by atoms with E-state index in [9.17, 15) is 14.9 Å². The number of aromatic nitrogens is 3. The van der Waals surface area contributed by atoms with Gasteiger partial charge in [-0.2, -0.15) is 5.26 Å². The minimum absolute atomic E-state index is 0.00199. The number of benzene rings is 1. The summed E-state index contributed by atoms with van der Waals surface area (Å²) in [5, 5.41) is 11.5. The zero-order valence-corrected chi connectivity index (χ0v) is 25.9. The lowest BCUT2D eigenvalue weighted by Gasteiger charge is -2.36. The van der Waals surface area contributed by atoms with E-state index < -0.39 is 5.56 Å². The first-order valence-corrected chi connectivity index (χ1v) is 14.9. The summed E-state index contributed by atoms with van der Waals surface area (Å²) in [6.45, 7) is 15.5. The maximum atomic E-state index is 14.5. The van der Waals surface area contributed by atoms with Crippen LogP contribution >= 0.6 is 11.6 Å². The number of hydrogen-bond donors (Lipinski definition) is 0. The van der Waals surface area contributed by atoms with E-state index in [4.69, 9.17) is 16.6 Å². The molecule has 4 aromatic rings. The van der Waals surface area contributed by atoms with Crippen molar-refractivity contribution in [1.82, 2.24) is 19.4 Å². The van der Waals surface area contributed by atoms with Gasteiger partial charge in [0, 0.05) is 43.3 Å². The summed E-state index contributed by atoms with van der Waals surface area (Å²) in [6, 6.07) is 13.9. The molecule has 1 aliphatic heterocycles. The first-order chi connectivity index (χ1) is 20.6. The highest BCUT2D eigenvalue weighted by molar-refractivity contribution is 6.34. The van der Waals surface area contributed by atoms with Crippen LogP contribution in [0.15, 0.2) is 60.0 Å². The number of nitriles is 1. The van der Waals surface area contributed by atoms with Crippen LogP contribution in [0.25, 0.3) is 28.0 Å². The molecule has 1 aromatic carbocycles. The quantitative estimate of drug-likeness (QED) is 0.241. The van der Waals surface area contributed by atoms with E-state index in [1.165, 1.54) is 6.08 Å². The third kappa shape index (κ3) is 5.30. The number of carbonyl (C=O) groups excluding carboxylic acids is 1. The van der Waals surface area contributed by atoms with Crippen LogP contribution in [-0.4, -0.2) is 51.5 Å². The Balaban J connectivity index is 1.88. The summed E-state index contributed by atoms with van der Waals surface area (Å²) >= 11 is 7.03. The lowest BCUT2D eigenvalue weighted by atomic mass is 9.94.